The summed E-state index contributed by atoms with van der Waals surface area (Å²) in [6.07, 6.45) is -0.632. The molecule has 2 fully saturated rings. The van der Waals surface area contributed by atoms with Crippen LogP contribution in [0.2, 0.25) is 0 Å². The molecule has 3 amide bonds. The van der Waals surface area contributed by atoms with E-state index in [0.717, 1.165) is 17.0 Å². The van der Waals surface area contributed by atoms with Gasteiger partial charge in [0.05, 0.1) is 11.6 Å². The molecule has 0 radical (unpaired) electrons. The number of carbonyl (C=O) groups is 3. The molecule has 1 aliphatic carbocycles. The predicted molar refractivity (Wildman–Crippen MR) is 115 cm³/mol. The standard InChI is InChI=1S/C24H25F3N4O3/c1-30-12-18(28-21(30)13-2-5-16(6-3-13)24(25,26)27)14-4-7-17-15(10-14)11-31(23(17)34)19-8-9-20(32)29-22(19)33/h4,7,10,12-13,16,19H,2-3,5-6,8-9,11H2,1H3,(H,29,32,33). The number of aryl methyl sites for hydroxylation is 1. The number of benzene rings is 1. The number of piperidine rings is 1. The van der Waals surface area contributed by atoms with E-state index >= 15 is 0 Å². The Morgan fingerprint density at radius 1 is 1.06 bits per heavy atom. The third-order valence-electron chi connectivity index (χ3n) is 7.29. The average Bonchev–Trinajstić information content (AvgIpc) is 3.33. The lowest BCUT2D eigenvalue weighted by Gasteiger charge is -2.29. The van der Waals surface area contributed by atoms with E-state index in [2.05, 4.69) is 5.32 Å². The first-order valence-electron chi connectivity index (χ1n) is 11.5. The van der Waals surface area contributed by atoms with Crippen LogP contribution in [-0.4, -0.2) is 44.4 Å². The van der Waals surface area contributed by atoms with Crippen molar-refractivity contribution in [2.75, 3.05) is 0 Å². The van der Waals surface area contributed by atoms with Crippen molar-refractivity contribution in [2.24, 2.45) is 13.0 Å². The molecule has 1 saturated carbocycles. The molecule has 5 rings (SSSR count). The highest BCUT2D eigenvalue weighted by molar-refractivity contribution is 6.05. The molecule has 3 heterocycles. The molecule has 1 aromatic carbocycles. The number of amides is 3. The summed E-state index contributed by atoms with van der Waals surface area (Å²) in [7, 11) is 1.85. The first-order chi connectivity index (χ1) is 16.1. The molecule has 10 heteroatoms. The summed E-state index contributed by atoms with van der Waals surface area (Å²) in [6.45, 7) is 0.273. The van der Waals surface area contributed by atoms with E-state index < -0.39 is 24.0 Å². The largest absolute Gasteiger partial charge is 0.391 e. The van der Waals surface area contributed by atoms with Gasteiger partial charge in [-0.1, -0.05) is 6.07 Å². The molecule has 7 nitrogen and oxygen atoms in total. The molecule has 0 bridgehead atoms. The van der Waals surface area contributed by atoms with Crippen molar-refractivity contribution >= 4 is 17.7 Å². The van der Waals surface area contributed by atoms with E-state index in [1.54, 1.807) is 12.1 Å². The van der Waals surface area contributed by atoms with Gasteiger partial charge in [0, 0.05) is 43.3 Å². The number of halogens is 3. The SMILES string of the molecule is Cn1cc(-c2ccc3c(c2)CN(C2CCC(=O)NC2=O)C3=O)nc1C1CCC(C(F)(F)F)CC1. The lowest BCUT2D eigenvalue weighted by molar-refractivity contribution is -0.182. The summed E-state index contributed by atoms with van der Waals surface area (Å²) in [5, 5.41) is 2.29. The van der Waals surface area contributed by atoms with Crippen LogP contribution < -0.4 is 5.32 Å². The zero-order chi connectivity index (χ0) is 24.2. The van der Waals surface area contributed by atoms with Crippen LogP contribution >= 0.6 is 0 Å². The molecule has 1 N–H and O–H groups in total. The first kappa shape index (κ1) is 22.6. The Hall–Kier alpha value is -3.17. The number of alkyl halides is 3. The second-order valence-corrected chi connectivity index (χ2v) is 9.46. The van der Waals surface area contributed by atoms with Gasteiger partial charge in [-0.15, -0.1) is 0 Å². The minimum Gasteiger partial charge on any atom is -0.337 e. The third kappa shape index (κ3) is 3.99. The zero-order valence-corrected chi connectivity index (χ0v) is 18.7. The van der Waals surface area contributed by atoms with Crippen LogP contribution in [0.25, 0.3) is 11.3 Å². The minimum absolute atomic E-state index is 0.0172. The Morgan fingerprint density at radius 3 is 2.47 bits per heavy atom. The predicted octanol–water partition coefficient (Wildman–Crippen LogP) is 3.68. The second kappa shape index (κ2) is 8.25. The molecular weight excluding hydrogens is 449 g/mol. The van der Waals surface area contributed by atoms with Gasteiger partial charge in [0.25, 0.3) is 5.91 Å². The number of hydrogen-bond donors (Lipinski definition) is 1. The van der Waals surface area contributed by atoms with Crippen molar-refractivity contribution in [3.05, 3.63) is 41.3 Å². The van der Waals surface area contributed by atoms with Crippen molar-refractivity contribution in [3.8, 4) is 11.3 Å². The van der Waals surface area contributed by atoms with Crippen LogP contribution in [0.5, 0.6) is 0 Å². The number of hydrogen-bond acceptors (Lipinski definition) is 4. The van der Waals surface area contributed by atoms with Crippen molar-refractivity contribution < 1.29 is 27.6 Å². The van der Waals surface area contributed by atoms with Gasteiger partial charge < -0.3 is 9.47 Å². The summed E-state index contributed by atoms with van der Waals surface area (Å²) in [6, 6.07) is 4.74. The molecule has 0 spiro atoms. The quantitative estimate of drug-likeness (QED) is 0.688. The van der Waals surface area contributed by atoms with Crippen molar-refractivity contribution in [1.29, 1.82) is 0 Å². The van der Waals surface area contributed by atoms with Crippen LogP contribution in [0.4, 0.5) is 13.2 Å². The third-order valence-corrected chi connectivity index (χ3v) is 7.29. The monoisotopic (exact) mass is 474 g/mol. The van der Waals surface area contributed by atoms with Crippen LogP contribution in [0.1, 0.15) is 66.2 Å². The number of imidazole rings is 1. The highest BCUT2D eigenvalue weighted by Crippen LogP contribution is 2.43. The number of imide groups is 1. The Bertz CT molecular complexity index is 1160. The highest BCUT2D eigenvalue weighted by Gasteiger charge is 2.42. The highest BCUT2D eigenvalue weighted by atomic mass is 19.4. The number of rotatable bonds is 3. The maximum absolute atomic E-state index is 13.0. The van der Waals surface area contributed by atoms with Gasteiger partial charge in [-0.25, -0.2) is 4.98 Å². The molecular formula is C24H25F3N4O3. The van der Waals surface area contributed by atoms with Gasteiger partial charge in [-0.05, 0) is 49.8 Å². The van der Waals surface area contributed by atoms with Gasteiger partial charge >= 0.3 is 6.18 Å². The Labute approximate surface area is 194 Å². The van der Waals surface area contributed by atoms with Gasteiger partial charge in [0.1, 0.15) is 11.9 Å². The fourth-order valence-corrected chi connectivity index (χ4v) is 5.41. The topological polar surface area (TPSA) is 84.3 Å². The fourth-order valence-electron chi connectivity index (χ4n) is 5.41. The normalized spacial score (nSPS) is 25.5. The Morgan fingerprint density at radius 2 is 1.79 bits per heavy atom. The molecule has 2 aromatic rings. The Balaban J connectivity index is 1.33. The van der Waals surface area contributed by atoms with Gasteiger partial charge in [0.2, 0.25) is 11.8 Å². The van der Waals surface area contributed by atoms with Crippen LogP contribution in [0, 0.1) is 5.92 Å². The summed E-state index contributed by atoms with van der Waals surface area (Å²) < 4.78 is 40.9. The van der Waals surface area contributed by atoms with Crippen molar-refractivity contribution in [1.82, 2.24) is 19.8 Å². The maximum Gasteiger partial charge on any atom is 0.391 e. The molecule has 2 aliphatic heterocycles. The number of fused-ring (bicyclic) bond motifs is 1. The smallest absolute Gasteiger partial charge is 0.337 e. The lowest BCUT2D eigenvalue weighted by atomic mass is 9.81. The number of nitrogens with zero attached hydrogens (tertiary/aromatic N) is 3. The number of carbonyl (C=O) groups excluding carboxylic acids is 3. The zero-order valence-electron chi connectivity index (χ0n) is 18.7. The van der Waals surface area contributed by atoms with E-state index in [-0.39, 0.29) is 43.5 Å². The molecule has 180 valence electrons. The van der Waals surface area contributed by atoms with E-state index in [1.165, 1.54) is 4.90 Å². The molecule has 34 heavy (non-hydrogen) atoms. The van der Waals surface area contributed by atoms with Crippen LogP contribution in [0.3, 0.4) is 0 Å². The van der Waals surface area contributed by atoms with E-state index in [0.29, 0.717) is 30.5 Å². The maximum atomic E-state index is 13.0. The minimum atomic E-state index is -4.14. The van der Waals surface area contributed by atoms with Gasteiger partial charge in [-0.3, -0.25) is 19.7 Å². The second-order valence-electron chi connectivity index (χ2n) is 9.46. The van der Waals surface area contributed by atoms with E-state index in [4.69, 9.17) is 4.98 Å². The summed E-state index contributed by atoms with van der Waals surface area (Å²) in [5.74, 6) is -1.49. The van der Waals surface area contributed by atoms with Gasteiger partial charge in [-0.2, -0.15) is 13.2 Å². The summed E-state index contributed by atoms with van der Waals surface area (Å²) >= 11 is 0. The fraction of sp³-hybridized carbons (Fsp3) is 0.500. The lowest BCUT2D eigenvalue weighted by Crippen LogP contribution is -2.52. The molecule has 1 atom stereocenters. The molecule has 1 saturated heterocycles. The van der Waals surface area contributed by atoms with E-state index in [1.807, 2.05) is 23.9 Å². The first-order valence-corrected chi connectivity index (χ1v) is 11.5. The Kier molecular flexibility index (Phi) is 5.49. The number of nitrogens with one attached hydrogen (secondary N) is 1. The summed E-state index contributed by atoms with van der Waals surface area (Å²) in [5.41, 5.74) is 2.81. The molecule has 3 aliphatic rings. The summed E-state index contributed by atoms with van der Waals surface area (Å²) in [4.78, 5) is 42.8. The molecule has 1 unspecified atom stereocenters. The van der Waals surface area contributed by atoms with Crippen LogP contribution in [0.15, 0.2) is 24.4 Å². The van der Waals surface area contributed by atoms with Crippen molar-refractivity contribution in [2.45, 2.75) is 63.2 Å². The average molecular weight is 474 g/mol. The van der Waals surface area contributed by atoms with Crippen LogP contribution in [-0.2, 0) is 23.2 Å². The van der Waals surface area contributed by atoms with E-state index in [9.17, 15) is 27.6 Å². The molecule has 1 aromatic heterocycles. The van der Waals surface area contributed by atoms with Crippen molar-refractivity contribution in [3.63, 3.8) is 0 Å². The number of aromatic nitrogens is 2. The van der Waals surface area contributed by atoms with Gasteiger partial charge in [0.15, 0.2) is 0 Å².